The van der Waals surface area contributed by atoms with Crippen LogP contribution in [0, 0.1) is 5.92 Å². The molecule has 29 heavy (non-hydrogen) atoms. The Morgan fingerprint density at radius 3 is 2.31 bits per heavy atom. The molecule has 0 amide bonds. The van der Waals surface area contributed by atoms with E-state index in [0.717, 1.165) is 44.4 Å². The van der Waals surface area contributed by atoms with Gasteiger partial charge >= 0.3 is 0 Å². The first-order valence-corrected chi connectivity index (χ1v) is 11.5. The number of hydrogen-bond donors (Lipinski definition) is 2. The summed E-state index contributed by atoms with van der Waals surface area (Å²) in [6.07, 6.45) is 0. The maximum atomic E-state index is 12.2. The van der Waals surface area contributed by atoms with E-state index in [1.807, 2.05) is 12.1 Å². The number of guanidine groups is 1. The highest BCUT2D eigenvalue weighted by molar-refractivity contribution is 7.89. The third-order valence-corrected chi connectivity index (χ3v) is 6.98. The van der Waals surface area contributed by atoms with E-state index >= 15 is 0 Å². The molecule has 1 aromatic rings. The topological polar surface area (TPSA) is 86.3 Å². The molecule has 1 atom stereocenters. The molecule has 1 fully saturated rings. The summed E-state index contributed by atoms with van der Waals surface area (Å²) in [7, 11) is 1.41. The van der Waals surface area contributed by atoms with Crippen molar-refractivity contribution in [2.75, 3.05) is 54.0 Å². The summed E-state index contributed by atoms with van der Waals surface area (Å²) in [6, 6.07) is 7.32. The van der Waals surface area contributed by atoms with Gasteiger partial charge in [0.15, 0.2) is 5.96 Å². The molecule has 0 radical (unpaired) electrons. The lowest BCUT2D eigenvalue weighted by Crippen LogP contribution is -2.52. The average Bonchev–Trinajstić information content (AvgIpc) is 2.71. The molecule has 0 aliphatic carbocycles. The second-order valence-electron chi connectivity index (χ2n) is 7.70. The van der Waals surface area contributed by atoms with Crippen LogP contribution in [0.4, 0.5) is 0 Å². The standard InChI is InChI=1S/C20H35N5O3S/c1-16(2)19(25-10-12-28-13-11-25)15-23-20(21-3)22-14-17-6-8-18(9-7-17)29(26,27)24(4)5/h6-9,16,19H,10-15H2,1-5H3,(H2,21,22,23). The quantitative estimate of drug-likeness (QED) is 0.477. The van der Waals surface area contributed by atoms with Crippen molar-refractivity contribution in [2.45, 2.75) is 31.3 Å². The second kappa shape index (κ2) is 10.9. The van der Waals surface area contributed by atoms with Gasteiger partial charge in [0.25, 0.3) is 0 Å². The van der Waals surface area contributed by atoms with Crippen LogP contribution in [0.2, 0.25) is 0 Å². The minimum absolute atomic E-state index is 0.291. The zero-order valence-corrected chi connectivity index (χ0v) is 19.0. The van der Waals surface area contributed by atoms with Crippen LogP contribution in [-0.2, 0) is 21.3 Å². The average molecular weight is 426 g/mol. The third kappa shape index (κ3) is 6.67. The molecule has 1 aliphatic rings. The number of aliphatic imine (C=N–C) groups is 1. The normalized spacial score (nSPS) is 17.6. The zero-order chi connectivity index (χ0) is 21.4. The van der Waals surface area contributed by atoms with Crippen molar-refractivity contribution in [1.82, 2.24) is 19.8 Å². The lowest BCUT2D eigenvalue weighted by atomic mass is 10.0. The van der Waals surface area contributed by atoms with Crippen LogP contribution in [0.1, 0.15) is 19.4 Å². The fraction of sp³-hybridized carbons (Fsp3) is 0.650. The van der Waals surface area contributed by atoms with E-state index in [1.165, 1.54) is 18.4 Å². The zero-order valence-electron chi connectivity index (χ0n) is 18.2. The Balaban J connectivity index is 1.90. The summed E-state index contributed by atoms with van der Waals surface area (Å²) in [5.41, 5.74) is 0.985. The van der Waals surface area contributed by atoms with Crippen LogP contribution in [0.15, 0.2) is 34.2 Å². The Hall–Kier alpha value is -1.68. The fourth-order valence-electron chi connectivity index (χ4n) is 3.29. The van der Waals surface area contributed by atoms with E-state index in [1.54, 1.807) is 19.2 Å². The summed E-state index contributed by atoms with van der Waals surface area (Å²) in [5.74, 6) is 1.25. The van der Waals surface area contributed by atoms with Gasteiger partial charge in [0.1, 0.15) is 0 Å². The van der Waals surface area contributed by atoms with Crippen LogP contribution in [-0.4, -0.2) is 83.6 Å². The van der Waals surface area contributed by atoms with Crippen LogP contribution < -0.4 is 10.6 Å². The Labute approximate surface area is 175 Å². The highest BCUT2D eigenvalue weighted by atomic mass is 32.2. The first-order valence-electron chi connectivity index (χ1n) is 10.0. The van der Waals surface area contributed by atoms with Gasteiger partial charge < -0.3 is 15.4 Å². The molecule has 164 valence electrons. The first-order chi connectivity index (χ1) is 13.8. The molecule has 0 saturated carbocycles. The van der Waals surface area contributed by atoms with Crippen LogP contribution >= 0.6 is 0 Å². The monoisotopic (exact) mass is 425 g/mol. The number of morpholine rings is 1. The third-order valence-electron chi connectivity index (χ3n) is 5.15. The fourth-order valence-corrected chi connectivity index (χ4v) is 4.19. The maximum Gasteiger partial charge on any atom is 0.242 e. The van der Waals surface area contributed by atoms with Crippen LogP contribution in [0.5, 0.6) is 0 Å². The van der Waals surface area contributed by atoms with E-state index in [0.29, 0.717) is 23.4 Å². The van der Waals surface area contributed by atoms with E-state index in [4.69, 9.17) is 4.74 Å². The number of ether oxygens (including phenoxy) is 1. The second-order valence-corrected chi connectivity index (χ2v) is 9.85. The van der Waals surface area contributed by atoms with Crippen molar-refractivity contribution in [1.29, 1.82) is 0 Å². The van der Waals surface area contributed by atoms with Crippen molar-refractivity contribution >= 4 is 16.0 Å². The molecule has 0 spiro atoms. The molecule has 9 heteroatoms. The number of nitrogens with zero attached hydrogens (tertiary/aromatic N) is 3. The van der Waals surface area contributed by atoms with E-state index in [-0.39, 0.29) is 0 Å². The van der Waals surface area contributed by atoms with Crippen molar-refractivity contribution < 1.29 is 13.2 Å². The molecule has 2 N–H and O–H groups in total. The van der Waals surface area contributed by atoms with Gasteiger partial charge in [0.2, 0.25) is 10.0 Å². The molecule has 1 aromatic carbocycles. The van der Waals surface area contributed by atoms with Gasteiger partial charge in [-0.15, -0.1) is 0 Å². The van der Waals surface area contributed by atoms with Crippen molar-refractivity contribution in [3.8, 4) is 0 Å². The van der Waals surface area contributed by atoms with Gasteiger partial charge in [-0.2, -0.15) is 0 Å². The Morgan fingerprint density at radius 2 is 1.79 bits per heavy atom. The summed E-state index contributed by atoms with van der Waals surface area (Å²) >= 11 is 0. The number of nitrogens with one attached hydrogen (secondary N) is 2. The van der Waals surface area contributed by atoms with E-state index in [2.05, 4.69) is 34.4 Å². The summed E-state index contributed by atoms with van der Waals surface area (Å²) in [4.78, 5) is 7.07. The lowest BCUT2D eigenvalue weighted by Gasteiger charge is -2.37. The number of benzene rings is 1. The number of hydrogen-bond acceptors (Lipinski definition) is 5. The molecular weight excluding hydrogens is 390 g/mol. The molecule has 1 saturated heterocycles. The SMILES string of the molecule is CN=C(NCc1ccc(S(=O)(=O)N(C)C)cc1)NCC(C(C)C)N1CCOCC1. The predicted octanol–water partition coefficient (Wildman–Crippen LogP) is 0.959. The smallest absolute Gasteiger partial charge is 0.242 e. The largest absolute Gasteiger partial charge is 0.379 e. The van der Waals surface area contributed by atoms with E-state index < -0.39 is 10.0 Å². The summed E-state index contributed by atoms with van der Waals surface area (Å²) in [6.45, 7) is 9.33. The first kappa shape index (κ1) is 23.6. The molecule has 1 heterocycles. The molecule has 1 aliphatic heterocycles. The predicted molar refractivity (Wildman–Crippen MR) is 117 cm³/mol. The molecule has 0 aromatic heterocycles. The minimum Gasteiger partial charge on any atom is -0.379 e. The van der Waals surface area contributed by atoms with E-state index in [9.17, 15) is 8.42 Å². The summed E-state index contributed by atoms with van der Waals surface area (Å²) in [5, 5.41) is 6.72. The Morgan fingerprint density at radius 1 is 1.17 bits per heavy atom. The number of rotatable bonds is 8. The van der Waals surface area contributed by atoms with Gasteiger partial charge in [0.05, 0.1) is 18.1 Å². The summed E-state index contributed by atoms with van der Waals surface area (Å²) < 4.78 is 31.0. The molecule has 8 nitrogen and oxygen atoms in total. The Bertz CT molecular complexity index is 757. The maximum absolute atomic E-state index is 12.2. The van der Waals surface area contributed by atoms with Gasteiger partial charge in [-0.1, -0.05) is 26.0 Å². The molecule has 1 unspecified atom stereocenters. The van der Waals surface area contributed by atoms with Gasteiger partial charge in [-0.05, 0) is 23.6 Å². The number of sulfonamides is 1. The van der Waals surface area contributed by atoms with Crippen molar-refractivity contribution in [3.63, 3.8) is 0 Å². The highest BCUT2D eigenvalue weighted by Gasteiger charge is 2.24. The van der Waals surface area contributed by atoms with Gasteiger partial charge in [-0.3, -0.25) is 9.89 Å². The molecular formula is C20H35N5O3S. The highest BCUT2D eigenvalue weighted by Crippen LogP contribution is 2.14. The molecule has 0 bridgehead atoms. The molecule has 2 rings (SSSR count). The van der Waals surface area contributed by atoms with Crippen LogP contribution in [0.25, 0.3) is 0 Å². The van der Waals surface area contributed by atoms with Crippen LogP contribution in [0.3, 0.4) is 0 Å². The minimum atomic E-state index is -3.40. The van der Waals surface area contributed by atoms with Crippen molar-refractivity contribution in [2.24, 2.45) is 10.9 Å². The Kier molecular flexibility index (Phi) is 8.88. The van der Waals surface area contributed by atoms with Gasteiger partial charge in [-0.25, -0.2) is 12.7 Å². The lowest BCUT2D eigenvalue weighted by molar-refractivity contribution is 0.00752. The van der Waals surface area contributed by atoms with Crippen molar-refractivity contribution in [3.05, 3.63) is 29.8 Å². The van der Waals surface area contributed by atoms with Gasteiger partial charge in [0, 0.05) is 53.4 Å².